The first-order valence-corrected chi connectivity index (χ1v) is 6.67. The molecule has 18 heavy (non-hydrogen) atoms. The van der Waals surface area contributed by atoms with Crippen LogP contribution in [0.4, 0.5) is 0 Å². The minimum absolute atomic E-state index is 0.104. The largest absolute Gasteiger partial charge is 0.459 e. The van der Waals surface area contributed by atoms with Crippen LogP contribution >= 0.6 is 0 Å². The van der Waals surface area contributed by atoms with Crippen LogP contribution in [0.25, 0.3) is 11.0 Å². The van der Waals surface area contributed by atoms with Crippen molar-refractivity contribution >= 4 is 11.0 Å². The molecule has 0 radical (unpaired) electrons. The number of rotatable bonds is 3. The number of fused-ring (bicyclic) bond motifs is 1. The van der Waals surface area contributed by atoms with Crippen LogP contribution in [0.5, 0.6) is 0 Å². The third-order valence-corrected chi connectivity index (χ3v) is 4.34. The Kier molecular flexibility index (Phi) is 2.88. The van der Waals surface area contributed by atoms with Gasteiger partial charge in [-0.2, -0.15) is 0 Å². The molecule has 1 unspecified atom stereocenters. The zero-order valence-corrected chi connectivity index (χ0v) is 10.8. The molecule has 1 fully saturated rings. The standard InChI is InChI=1S/C15H20N2O/c1-15(8-4-5-9-15)14(17-16)13-10-11-6-2-3-7-12(11)18-13/h2-3,6-7,10,14,17H,4-5,8-9,16H2,1H3. The van der Waals surface area contributed by atoms with Gasteiger partial charge in [0.2, 0.25) is 0 Å². The maximum Gasteiger partial charge on any atom is 0.134 e. The monoisotopic (exact) mass is 244 g/mol. The lowest BCUT2D eigenvalue weighted by Crippen LogP contribution is -2.38. The predicted molar refractivity (Wildman–Crippen MR) is 72.9 cm³/mol. The van der Waals surface area contributed by atoms with Gasteiger partial charge in [-0.1, -0.05) is 38.0 Å². The van der Waals surface area contributed by atoms with Gasteiger partial charge in [0.1, 0.15) is 11.3 Å². The van der Waals surface area contributed by atoms with Gasteiger partial charge in [0.25, 0.3) is 0 Å². The van der Waals surface area contributed by atoms with Crippen LogP contribution < -0.4 is 11.3 Å². The molecule has 0 bridgehead atoms. The summed E-state index contributed by atoms with van der Waals surface area (Å²) >= 11 is 0. The minimum Gasteiger partial charge on any atom is -0.459 e. The van der Waals surface area contributed by atoms with Gasteiger partial charge in [-0.15, -0.1) is 0 Å². The van der Waals surface area contributed by atoms with Crippen molar-refractivity contribution in [3.8, 4) is 0 Å². The topological polar surface area (TPSA) is 51.2 Å². The van der Waals surface area contributed by atoms with E-state index in [2.05, 4.69) is 24.5 Å². The second-order valence-electron chi connectivity index (χ2n) is 5.65. The average Bonchev–Trinajstić information content (AvgIpc) is 2.96. The smallest absolute Gasteiger partial charge is 0.134 e. The van der Waals surface area contributed by atoms with Crippen LogP contribution in [0.2, 0.25) is 0 Å². The SMILES string of the molecule is CC1(C(NN)c2cc3ccccc3o2)CCCC1. The lowest BCUT2D eigenvalue weighted by Gasteiger charge is -2.31. The van der Waals surface area contributed by atoms with Crippen LogP contribution in [-0.4, -0.2) is 0 Å². The molecule has 1 aliphatic carbocycles. The lowest BCUT2D eigenvalue weighted by atomic mass is 9.80. The zero-order valence-electron chi connectivity index (χ0n) is 10.8. The normalized spacial score (nSPS) is 20.3. The summed E-state index contributed by atoms with van der Waals surface area (Å²) in [6.45, 7) is 2.30. The van der Waals surface area contributed by atoms with Crippen molar-refractivity contribution in [1.82, 2.24) is 5.43 Å². The highest BCUT2D eigenvalue weighted by Gasteiger charge is 2.39. The second kappa shape index (κ2) is 4.41. The van der Waals surface area contributed by atoms with E-state index >= 15 is 0 Å². The Bertz CT molecular complexity index is 507. The van der Waals surface area contributed by atoms with E-state index in [1.54, 1.807) is 0 Å². The summed E-state index contributed by atoms with van der Waals surface area (Å²) < 4.78 is 5.96. The quantitative estimate of drug-likeness (QED) is 0.641. The van der Waals surface area contributed by atoms with Crippen molar-refractivity contribution < 1.29 is 4.42 Å². The van der Waals surface area contributed by atoms with E-state index in [4.69, 9.17) is 10.3 Å². The van der Waals surface area contributed by atoms with E-state index in [0.717, 1.165) is 16.7 Å². The Morgan fingerprint density at radius 3 is 2.67 bits per heavy atom. The third-order valence-electron chi connectivity index (χ3n) is 4.34. The first kappa shape index (κ1) is 11.8. The Hall–Kier alpha value is -1.32. The van der Waals surface area contributed by atoms with Crippen LogP contribution in [0.1, 0.15) is 44.4 Å². The van der Waals surface area contributed by atoms with Crippen molar-refractivity contribution in [3.05, 3.63) is 36.1 Å². The highest BCUT2D eigenvalue weighted by molar-refractivity contribution is 5.77. The number of para-hydroxylation sites is 1. The molecule has 1 saturated carbocycles. The molecule has 1 heterocycles. The summed E-state index contributed by atoms with van der Waals surface area (Å²) in [5.41, 5.74) is 4.12. The zero-order chi connectivity index (χ0) is 12.6. The number of benzene rings is 1. The first-order chi connectivity index (χ1) is 8.73. The van der Waals surface area contributed by atoms with Crippen molar-refractivity contribution in [2.75, 3.05) is 0 Å². The molecule has 96 valence electrons. The van der Waals surface area contributed by atoms with E-state index in [-0.39, 0.29) is 11.5 Å². The van der Waals surface area contributed by atoms with Crippen LogP contribution in [0.3, 0.4) is 0 Å². The number of furan rings is 1. The van der Waals surface area contributed by atoms with Gasteiger partial charge < -0.3 is 4.42 Å². The number of hydrazine groups is 1. The van der Waals surface area contributed by atoms with Crippen molar-refractivity contribution in [1.29, 1.82) is 0 Å². The van der Waals surface area contributed by atoms with Gasteiger partial charge in [0.15, 0.2) is 0 Å². The fraction of sp³-hybridized carbons (Fsp3) is 0.467. The molecule has 2 aromatic rings. The summed E-state index contributed by atoms with van der Waals surface area (Å²) in [5.74, 6) is 6.74. The number of nitrogens with two attached hydrogens (primary N) is 1. The fourth-order valence-electron chi connectivity index (χ4n) is 3.24. The van der Waals surface area contributed by atoms with Gasteiger partial charge in [0.05, 0.1) is 6.04 Å². The average molecular weight is 244 g/mol. The van der Waals surface area contributed by atoms with Crippen LogP contribution in [-0.2, 0) is 0 Å². The first-order valence-electron chi connectivity index (χ1n) is 6.67. The molecule has 3 nitrogen and oxygen atoms in total. The molecular formula is C15H20N2O. The summed E-state index contributed by atoms with van der Waals surface area (Å²) in [6.07, 6.45) is 4.99. The van der Waals surface area contributed by atoms with Crippen molar-refractivity contribution in [2.24, 2.45) is 11.3 Å². The molecule has 0 aliphatic heterocycles. The summed E-state index contributed by atoms with van der Waals surface area (Å²) in [6, 6.07) is 10.3. The highest BCUT2D eigenvalue weighted by Crippen LogP contribution is 2.47. The fourth-order valence-corrected chi connectivity index (χ4v) is 3.24. The summed E-state index contributed by atoms with van der Waals surface area (Å²) in [4.78, 5) is 0. The Labute approximate surface area is 107 Å². The molecule has 1 atom stereocenters. The van der Waals surface area contributed by atoms with Gasteiger partial charge in [-0.25, -0.2) is 5.43 Å². The minimum atomic E-state index is 0.104. The van der Waals surface area contributed by atoms with Crippen molar-refractivity contribution in [3.63, 3.8) is 0 Å². The second-order valence-corrected chi connectivity index (χ2v) is 5.65. The number of hydrogen-bond donors (Lipinski definition) is 2. The summed E-state index contributed by atoms with van der Waals surface area (Å²) in [7, 11) is 0. The Morgan fingerprint density at radius 2 is 2.00 bits per heavy atom. The highest BCUT2D eigenvalue weighted by atomic mass is 16.3. The molecule has 1 aromatic carbocycles. The van der Waals surface area contributed by atoms with E-state index in [9.17, 15) is 0 Å². The van der Waals surface area contributed by atoms with Crippen LogP contribution in [0, 0.1) is 5.41 Å². The molecule has 1 aromatic heterocycles. The molecule has 3 N–H and O–H groups in total. The predicted octanol–water partition coefficient (Wildman–Crippen LogP) is 3.52. The molecular weight excluding hydrogens is 224 g/mol. The maximum absolute atomic E-state index is 5.96. The molecule has 0 saturated heterocycles. The Balaban J connectivity index is 2.00. The number of nitrogens with one attached hydrogen (secondary N) is 1. The van der Waals surface area contributed by atoms with Gasteiger partial charge in [0, 0.05) is 5.39 Å². The molecule has 3 heteroatoms. The van der Waals surface area contributed by atoms with Gasteiger partial charge >= 0.3 is 0 Å². The third kappa shape index (κ3) is 1.84. The van der Waals surface area contributed by atoms with E-state index in [0.29, 0.717) is 0 Å². The van der Waals surface area contributed by atoms with E-state index < -0.39 is 0 Å². The maximum atomic E-state index is 5.96. The van der Waals surface area contributed by atoms with Crippen LogP contribution in [0.15, 0.2) is 34.7 Å². The number of hydrogen-bond acceptors (Lipinski definition) is 3. The Morgan fingerprint density at radius 1 is 1.28 bits per heavy atom. The van der Waals surface area contributed by atoms with Gasteiger partial charge in [-0.05, 0) is 30.4 Å². The lowest BCUT2D eigenvalue weighted by molar-refractivity contribution is 0.200. The molecule has 1 aliphatic rings. The van der Waals surface area contributed by atoms with Gasteiger partial charge in [-0.3, -0.25) is 5.84 Å². The molecule has 3 rings (SSSR count). The van der Waals surface area contributed by atoms with E-state index in [1.165, 1.54) is 25.7 Å². The van der Waals surface area contributed by atoms with Crippen molar-refractivity contribution in [2.45, 2.75) is 38.6 Å². The summed E-state index contributed by atoms with van der Waals surface area (Å²) in [5, 5.41) is 1.15. The van der Waals surface area contributed by atoms with E-state index in [1.807, 2.05) is 18.2 Å². The molecule has 0 spiro atoms. The molecule has 0 amide bonds.